The molecule has 0 bridgehead atoms. The number of nitrogens with one attached hydrogen (secondary N) is 1. The summed E-state index contributed by atoms with van der Waals surface area (Å²) in [7, 11) is 1.56. The molecule has 0 aliphatic heterocycles. The monoisotopic (exact) mass is 355 g/mol. The van der Waals surface area contributed by atoms with Crippen molar-refractivity contribution < 1.29 is 14.7 Å². The summed E-state index contributed by atoms with van der Waals surface area (Å²) < 4.78 is 0.954. The molecule has 114 valence electrons. The normalized spacial score (nSPS) is 15.4. The van der Waals surface area contributed by atoms with Crippen LogP contribution in [0.25, 0.3) is 0 Å². The second-order valence-corrected chi connectivity index (χ2v) is 6.24. The zero-order valence-corrected chi connectivity index (χ0v) is 13.6. The number of nitrogens with zero attached hydrogens (tertiary/aromatic N) is 2. The first-order chi connectivity index (χ1) is 9.88. The van der Waals surface area contributed by atoms with Gasteiger partial charge in [0, 0.05) is 24.0 Å². The van der Waals surface area contributed by atoms with Gasteiger partial charge in [-0.05, 0) is 40.9 Å². The van der Waals surface area contributed by atoms with Crippen LogP contribution in [0.1, 0.15) is 31.4 Å². The fourth-order valence-corrected chi connectivity index (χ4v) is 2.49. The largest absolute Gasteiger partial charge is 0.481 e. The van der Waals surface area contributed by atoms with Crippen LogP contribution in [-0.2, 0) is 4.79 Å². The maximum atomic E-state index is 12.0. The van der Waals surface area contributed by atoms with E-state index < -0.39 is 11.9 Å². The number of hydrogen-bond acceptors (Lipinski definition) is 3. The Morgan fingerprint density at radius 1 is 1.52 bits per heavy atom. The summed E-state index contributed by atoms with van der Waals surface area (Å²) in [4.78, 5) is 28.6. The molecule has 21 heavy (non-hydrogen) atoms. The van der Waals surface area contributed by atoms with Gasteiger partial charge in [0.05, 0.1) is 11.6 Å². The third-order valence-corrected chi connectivity index (χ3v) is 4.06. The summed E-state index contributed by atoms with van der Waals surface area (Å²) >= 11 is 3.46. The number of rotatable bonds is 5. The Kier molecular flexibility index (Phi) is 4.82. The molecule has 2 rings (SSSR count). The van der Waals surface area contributed by atoms with Crippen molar-refractivity contribution in [3.05, 3.63) is 22.3 Å². The van der Waals surface area contributed by atoms with Crippen LogP contribution in [-0.4, -0.2) is 40.6 Å². The fourth-order valence-electron chi connectivity index (χ4n) is 1.95. The molecule has 2 N–H and O–H groups in total. The number of carboxylic acid groups (broad SMARTS) is 1. The summed E-state index contributed by atoms with van der Waals surface area (Å²) in [6.07, 6.45) is 2.25. The average molecular weight is 356 g/mol. The molecule has 1 saturated carbocycles. The topological polar surface area (TPSA) is 82.5 Å². The van der Waals surface area contributed by atoms with Gasteiger partial charge in [-0.15, -0.1) is 0 Å². The summed E-state index contributed by atoms with van der Waals surface area (Å²) in [6.45, 7) is 1.71. The first kappa shape index (κ1) is 15.8. The van der Waals surface area contributed by atoms with Gasteiger partial charge in [0.15, 0.2) is 0 Å². The Morgan fingerprint density at radius 2 is 2.19 bits per heavy atom. The number of carboxylic acids is 1. The highest BCUT2D eigenvalue weighted by Gasteiger charge is 2.27. The number of carbonyl (C=O) groups excluding carboxylic acids is 1. The quantitative estimate of drug-likeness (QED) is 0.850. The molecule has 0 aromatic carbocycles. The zero-order chi connectivity index (χ0) is 15.6. The van der Waals surface area contributed by atoms with Gasteiger partial charge in [-0.25, -0.2) is 9.78 Å². The van der Waals surface area contributed by atoms with Crippen molar-refractivity contribution in [2.24, 2.45) is 5.92 Å². The van der Waals surface area contributed by atoms with Crippen molar-refractivity contribution in [3.8, 4) is 0 Å². The van der Waals surface area contributed by atoms with Crippen LogP contribution >= 0.6 is 15.9 Å². The highest BCUT2D eigenvalue weighted by molar-refractivity contribution is 9.10. The number of aromatic nitrogens is 1. The third kappa shape index (κ3) is 4.17. The van der Waals surface area contributed by atoms with Crippen molar-refractivity contribution >= 4 is 33.7 Å². The van der Waals surface area contributed by atoms with Gasteiger partial charge in [-0.2, -0.15) is 0 Å². The fraction of sp³-hybridized carbons (Fsp3) is 0.500. The number of carbonyl (C=O) groups is 2. The second kappa shape index (κ2) is 6.43. The minimum atomic E-state index is -0.924. The lowest BCUT2D eigenvalue weighted by Gasteiger charge is -2.20. The number of hydrogen-bond donors (Lipinski definition) is 2. The molecule has 1 aromatic heterocycles. The van der Waals surface area contributed by atoms with E-state index in [1.165, 1.54) is 4.90 Å². The molecule has 7 heteroatoms. The molecule has 6 nitrogen and oxygen atoms in total. The minimum Gasteiger partial charge on any atom is -0.481 e. The van der Waals surface area contributed by atoms with Gasteiger partial charge in [-0.1, -0.05) is 6.92 Å². The van der Waals surface area contributed by atoms with E-state index in [2.05, 4.69) is 26.2 Å². The molecule has 1 atom stereocenters. The minimum absolute atomic E-state index is 0.146. The molecule has 0 spiro atoms. The summed E-state index contributed by atoms with van der Waals surface area (Å²) in [6, 6.07) is 3.23. The van der Waals surface area contributed by atoms with E-state index in [0.29, 0.717) is 11.7 Å². The van der Waals surface area contributed by atoms with Crippen molar-refractivity contribution in [1.82, 2.24) is 9.88 Å². The zero-order valence-electron chi connectivity index (χ0n) is 12.0. The van der Waals surface area contributed by atoms with E-state index in [9.17, 15) is 9.59 Å². The van der Waals surface area contributed by atoms with Crippen LogP contribution in [0.5, 0.6) is 0 Å². The Bertz CT molecular complexity index is 560. The van der Waals surface area contributed by atoms with Crippen molar-refractivity contribution in [1.29, 1.82) is 0 Å². The standard InChI is InChI=1S/C14H18BrN3O3/c1-8(13(19)20)7-18(2)14(21)17-11-6-5-10(15)12(16-11)9-3-4-9/h5-6,8-9H,3-4,7H2,1-2H3,(H,19,20)(H,16,17,21). The first-order valence-corrected chi connectivity index (χ1v) is 7.59. The molecular formula is C14H18BrN3O3. The van der Waals surface area contributed by atoms with Gasteiger partial charge in [-0.3, -0.25) is 10.1 Å². The van der Waals surface area contributed by atoms with E-state index in [1.807, 2.05) is 6.07 Å². The molecule has 1 aliphatic carbocycles. The predicted molar refractivity (Wildman–Crippen MR) is 82.4 cm³/mol. The molecule has 1 heterocycles. The molecule has 0 saturated heterocycles. The van der Waals surface area contributed by atoms with Gasteiger partial charge < -0.3 is 10.0 Å². The predicted octanol–water partition coefficient (Wildman–Crippen LogP) is 2.91. The number of anilines is 1. The molecular weight excluding hydrogens is 338 g/mol. The molecule has 1 aliphatic rings. The van der Waals surface area contributed by atoms with Crippen molar-refractivity contribution in [3.63, 3.8) is 0 Å². The highest BCUT2D eigenvalue weighted by atomic mass is 79.9. The Hall–Kier alpha value is -1.63. The van der Waals surface area contributed by atoms with Gasteiger partial charge in [0.25, 0.3) is 0 Å². The van der Waals surface area contributed by atoms with E-state index in [-0.39, 0.29) is 12.6 Å². The average Bonchev–Trinajstić information content (AvgIpc) is 3.25. The van der Waals surface area contributed by atoms with Gasteiger partial charge >= 0.3 is 12.0 Å². The maximum absolute atomic E-state index is 12.0. The maximum Gasteiger partial charge on any atom is 0.322 e. The summed E-state index contributed by atoms with van der Waals surface area (Å²) in [5.41, 5.74) is 0.967. The molecule has 1 fully saturated rings. The van der Waals surface area contributed by atoms with Gasteiger partial charge in [0.1, 0.15) is 5.82 Å². The lowest BCUT2D eigenvalue weighted by molar-refractivity contribution is -0.141. The molecule has 0 radical (unpaired) electrons. The number of urea groups is 1. The highest BCUT2D eigenvalue weighted by Crippen LogP contribution is 2.42. The Morgan fingerprint density at radius 3 is 2.76 bits per heavy atom. The summed E-state index contributed by atoms with van der Waals surface area (Å²) in [5.74, 6) is -0.575. The number of halogens is 1. The van der Waals surface area contributed by atoms with Crippen LogP contribution < -0.4 is 5.32 Å². The third-order valence-electron chi connectivity index (χ3n) is 3.39. The Labute approximate surface area is 131 Å². The number of aliphatic carboxylic acids is 1. The van der Waals surface area contributed by atoms with Crippen molar-refractivity contribution in [2.45, 2.75) is 25.7 Å². The number of amides is 2. The van der Waals surface area contributed by atoms with Crippen LogP contribution in [0.3, 0.4) is 0 Å². The lowest BCUT2D eigenvalue weighted by Crippen LogP contribution is -2.36. The lowest BCUT2D eigenvalue weighted by atomic mass is 10.2. The summed E-state index contributed by atoms with van der Waals surface area (Å²) in [5, 5.41) is 11.6. The smallest absolute Gasteiger partial charge is 0.322 e. The number of pyridine rings is 1. The first-order valence-electron chi connectivity index (χ1n) is 6.80. The van der Waals surface area contributed by atoms with Crippen LogP contribution in [0.15, 0.2) is 16.6 Å². The van der Waals surface area contributed by atoms with E-state index in [1.54, 1.807) is 20.0 Å². The van der Waals surface area contributed by atoms with E-state index in [4.69, 9.17) is 5.11 Å². The van der Waals surface area contributed by atoms with E-state index in [0.717, 1.165) is 23.0 Å². The molecule has 2 amide bonds. The van der Waals surface area contributed by atoms with E-state index >= 15 is 0 Å². The second-order valence-electron chi connectivity index (χ2n) is 5.39. The van der Waals surface area contributed by atoms with Crippen molar-refractivity contribution in [2.75, 3.05) is 18.9 Å². The van der Waals surface area contributed by atoms with Crippen LogP contribution in [0.4, 0.5) is 10.6 Å². The van der Waals surface area contributed by atoms with Crippen LogP contribution in [0, 0.1) is 5.92 Å². The van der Waals surface area contributed by atoms with Crippen LogP contribution in [0.2, 0.25) is 0 Å². The molecule has 1 aromatic rings. The molecule has 1 unspecified atom stereocenters. The Balaban J connectivity index is 1.99. The van der Waals surface area contributed by atoms with Gasteiger partial charge in [0.2, 0.25) is 0 Å². The SMILES string of the molecule is CC(CN(C)C(=O)Nc1ccc(Br)c(C2CC2)n1)C(=O)O.